The Morgan fingerprint density at radius 3 is 2.67 bits per heavy atom. The summed E-state index contributed by atoms with van der Waals surface area (Å²) in [4.78, 5) is 0. The molecule has 62 valence electrons. The molecule has 3 heteroatoms. The monoisotopic (exact) mass is 161 g/mol. The Labute approximate surface area is 71.8 Å². The first-order valence-corrected chi connectivity index (χ1v) is 3.67. The van der Waals surface area contributed by atoms with Gasteiger partial charge in [0.2, 0.25) is 0 Å². The number of nitrogens with one attached hydrogen (secondary N) is 1. The Hall–Kier alpha value is -1.69. The second-order valence-corrected chi connectivity index (χ2v) is 2.62. The lowest BCUT2D eigenvalue weighted by Gasteiger charge is -2.06. The molecule has 1 aromatic rings. The molecule has 0 aromatic heterocycles. The lowest BCUT2D eigenvalue weighted by Crippen LogP contribution is -1.96. The first-order valence-electron chi connectivity index (χ1n) is 3.67. The number of nitrogen functional groups attached to an aromatic ring is 1. The van der Waals surface area contributed by atoms with Crippen LogP contribution >= 0.6 is 0 Å². The van der Waals surface area contributed by atoms with Crippen LogP contribution in [0.2, 0.25) is 0 Å². The quantitative estimate of drug-likeness (QED) is 0.613. The van der Waals surface area contributed by atoms with Crippen molar-refractivity contribution >= 4 is 11.4 Å². The van der Waals surface area contributed by atoms with Crippen LogP contribution in [0.4, 0.5) is 11.4 Å². The van der Waals surface area contributed by atoms with Crippen molar-refractivity contribution in [2.24, 2.45) is 0 Å². The van der Waals surface area contributed by atoms with E-state index in [0.717, 1.165) is 11.3 Å². The average molecular weight is 161 g/mol. The maximum absolute atomic E-state index is 8.72. The molecule has 0 unspecified atom stereocenters. The minimum atomic E-state index is 0.584. The SMILES string of the molecule is CNc1cc(C)c(N)cc1C#N. The van der Waals surface area contributed by atoms with E-state index in [1.165, 1.54) is 0 Å². The van der Waals surface area contributed by atoms with Gasteiger partial charge in [0, 0.05) is 12.7 Å². The third kappa shape index (κ3) is 1.32. The summed E-state index contributed by atoms with van der Waals surface area (Å²) >= 11 is 0. The molecular formula is C9H11N3. The van der Waals surface area contributed by atoms with Gasteiger partial charge in [-0.15, -0.1) is 0 Å². The first kappa shape index (κ1) is 8.41. The van der Waals surface area contributed by atoms with Gasteiger partial charge in [-0.1, -0.05) is 0 Å². The van der Waals surface area contributed by atoms with Crippen molar-refractivity contribution in [1.82, 2.24) is 0 Å². The fourth-order valence-corrected chi connectivity index (χ4v) is 1.02. The molecule has 0 amide bonds. The zero-order chi connectivity index (χ0) is 9.14. The highest BCUT2D eigenvalue weighted by molar-refractivity contribution is 5.65. The number of rotatable bonds is 1. The molecule has 0 aliphatic heterocycles. The average Bonchev–Trinajstić information content (AvgIpc) is 2.09. The van der Waals surface area contributed by atoms with Gasteiger partial charge >= 0.3 is 0 Å². The predicted molar refractivity (Wildman–Crippen MR) is 49.9 cm³/mol. The summed E-state index contributed by atoms with van der Waals surface area (Å²) in [6.07, 6.45) is 0. The van der Waals surface area contributed by atoms with Gasteiger partial charge in [-0.3, -0.25) is 0 Å². The van der Waals surface area contributed by atoms with E-state index in [1.54, 1.807) is 13.1 Å². The number of hydrogen-bond acceptors (Lipinski definition) is 3. The lowest BCUT2D eigenvalue weighted by molar-refractivity contribution is 1.39. The van der Waals surface area contributed by atoms with Crippen molar-refractivity contribution in [3.63, 3.8) is 0 Å². The minimum absolute atomic E-state index is 0.584. The van der Waals surface area contributed by atoms with E-state index < -0.39 is 0 Å². The van der Waals surface area contributed by atoms with Crippen molar-refractivity contribution in [3.8, 4) is 6.07 Å². The predicted octanol–water partition coefficient (Wildman–Crippen LogP) is 1.49. The molecule has 3 nitrogen and oxygen atoms in total. The van der Waals surface area contributed by atoms with Gasteiger partial charge in [0.05, 0.1) is 11.3 Å². The van der Waals surface area contributed by atoms with Crippen LogP contribution in [-0.2, 0) is 0 Å². The molecule has 0 saturated heterocycles. The summed E-state index contributed by atoms with van der Waals surface area (Å²) < 4.78 is 0. The second kappa shape index (κ2) is 3.14. The molecule has 0 spiro atoms. The molecule has 0 aliphatic rings. The van der Waals surface area contributed by atoms with Crippen molar-refractivity contribution in [2.45, 2.75) is 6.92 Å². The van der Waals surface area contributed by atoms with Crippen LogP contribution in [0.1, 0.15) is 11.1 Å². The van der Waals surface area contributed by atoms with Crippen LogP contribution in [0.5, 0.6) is 0 Å². The van der Waals surface area contributed by atoms with E-state index in [9.17, 15) is 0 Å². The highest BCUT2D eigenvalue weighted by atomic mass is 14.8. The van der Waals surface area contributed by atoms with Gasteiger partial charge in [-0.2, -0.15) is 5.26 Å². The van der Waals surface area contributed by atoms with Gasteiger partial charge in [0.25, 0.3) is 0 Å². The lowest BCUT2D eigenvalue weighted by atomic mass is 10.1. The molecule has 0 fully saturated rings. The molecular weight excluding hydrogens is 150 g/mol. The Balaban J connectivity index is 3.31. The summed E-state index contributed by atoms with van der Waals surface area (Å²) in [5, 5.41) is 11.7. The minimum Gasteiger partial charge on any atom is -0.398 e. The zero-order valence-corrected chi connectivity index (χ0v) is 7.18. The van der Waals surface area contributed by atoms with E-state index in [1.807, 2.05) is 13.0 Å². The van der Waals surface area contributed by atoms with Crippen molar-refractivity contribution in [3.05, 3.63) is 23.3 Å². The number of aryl methyl sites for hydroxylation is 1. The number of benzene rings is 1. The van der Waals surface area contributed by atoms with Gasteiger partial charge in [-0.25, -0.2) is 0 Å². The van der Waals surface area contributed by atoms with Crippen LogP contribution in [0.15, 0.2) is 12.1 Å². The highest BCUT2D eigenvalue weighted by Crippen LogP contribution is 2.21. The molecule has 0 bridgehead atoms. The molecule has 0 aliphatic carbocycles. The van der Waals surface area contributed by atoms with E-state index in [4.69, 9.17) is 11.0 Å². The van der Waals surface area contributed by atoms with Crippen LogP contribution in [0, 0.1) is 18.3 Å². The van der Waals surface area contributed by atoms with Crippen LogP contribution in [0.3, 0.4) is 0 Å². The van der Waals surface area contributed by atoms with E-state index >= 15 is 0 Å². The summed E-state index contributed by atoms with van der Waals surface area (Å²) in [6.45, 7) is 1.91. The Morgan fingerprint density at radius 1 is 1.50 bits per heavy atom. The molecule has 3 N–H and O–H groups in total. The summed E-state index contributed by atoms with van der Waals surface area (Å²) in [5.74, 6) is 0. The van der Waals surface area contributed by atoms with Gasteiger partial charge in [-0.05, 0) is 24.6 Å². The normalized spacial score (nSPS) is 9.08. The maximum Gasteiger partial charge on any atom is 0.101 e. The van der Waals surface area contributed by atoms with E-state index in [2.05, 4.69) is 11.4 Å². The summed E-state index contributed by atoms with van der Waals surface area (Å²) in [5.41, 5.74) is 8.69. The standard InChI is InChI=1S/C9H11N3/c1-6-3-9(12-2)7(5-10)4-8(6)11/h3-4,12H,11H2,1-2H3. The van der Waals surface area contributed by atoms with E-state index in [0.29, 0.717) is 11.3 Å². The summed E-state index contributed by atoms with van der Waals surface area (Å²) in [7, 11) is 1.78. The van der Waals surface area contributed by atoms with Crippen molar-refractivity contribution in [2.75, 3.05) is 18.1 Å². The third-order valence-electron chi connectivity index (χ3n) is 1.80. The van der Waals surface area contributed by atoms with Gasteiger partial charge in [0.1, 0.15) is 6.07 Å². The number of hydrogen-bond donors (Lipinski definition) is 2. The number of nitrogens with two attached hydrogens (primary N) is 1. The highest BCUT2D eigenvalue weighted by Gasteiger charge is 2.02. The molecule has 1 rings (SSSR count). The van der Waals surface area contributed by atoms with Crippen LogP contribution < -0.4 is 11.1 Å². The van der Waals surface area contributed by atoms with Gasteiger partial charge in [0.15, 0.2) is 0 Å². The Kier molecular flexibility index (Phi) is 2.20. The molecule has 0 saturated carbocycles. The smallest absolute Gasteiger partial charge is 0.101 e. The van der Waals surface area contributed by atoms with E-state index in [-0.39, 0.29) is 0 Å². The number of nitriles is 1. The Bertz CT molecular complexity index is 336. The molecule has 0 heterocycles. The Morgan fingerprint density at radius 2 is 2.17 bits per heavy atom. The summed E-state index contributed by atoms with van der Waals surface area (Å²) in [6, 6.07) is 5.62. The molecule has 1 aromatic carbocycles. The molecule has 0 atom stereocenters. The fourth-order valence-electron chi connectivity index (χ4n) is 1.02. The largest absolute Gasteiger partial charge is 0.398 e. The topological polar surface area (TPSA) is 61.8 Å². The van der Waals surface area contributed by atoms with Crippen molar-refractivity contribution in [1.29, 1.82) is 5.26 Å². The molecule has 0 radical (unpaired) electrons. The zero-order valence-electron chi connectivity index (χ0n) is 7.18. The molecule has 12 heavy (non-hydrogen) atoms. The van der Waals surface area contributed by atoms with Crippen LogP contribution in [-0.4, -0.2) is 7.05 Å². The van der Waals surface area contributed by atoms with Crippen molar-refractivity contribution < 1.29 is 0 Å². The fraction of sp³-hybridized carbons (Fsp3) is 0.222. The van der Waals surface area contributed by atoms with Gasteiger partial charge < -0.3 is 11.1 Å². The second-order valence-electron chi connectivity index (χ2n) is 2.62. The first-order chi connectivity index (χ1) is 5.69. The van der Waals surface area contributed by atoms with Crippen LogP contribution in [0.25, 0.3) is 0 Å². The maximum atomic E-state index is 8.72. The third-order valence-corrected chi connectivity index (χ3v) is 1.80. The number of anilines is 2. The number of nitrogens with zero attached hydrogens (tertiary/aromatic N) is 1.